The first-order chi connectivity index (χ1) is 10.9. The Bertz CT molecular complexity index is 891. The third-order valence-corrected chi connectivity index (χ3v) is 4.72. The van der Waals surface area contributed by atoms with Gasteiger partial charge < -0.3 is 5.73 Å². The molecule has 0 bridgehead atoms. The number of hydrogen-bond acceptors (Lipinski definition) is 6. The normalized spacial score (nSPS) is 10.7. The lowest BCUT2D eigenvalue weighted by atomic mass is 10.2. The van der Waals surface area contributed by atoms with Crippen LogP contribution in [0.15, 0.2) is 23.6 Å². The largest absolute Gasteiger partial charge is 0.375 e. The second kappa shape index (κ2) is 6.01. The van der Waals surface area contributed by atoms with Crippen LogP contribution in [0, 0.1) is 18.6 Å². The fourth-order valence-electron chi connectivity index (χ4n) is 1.89. The zero-order valence-electron chi connectivity index (χ0n) is 11.8. The summed E-state index contributed by atoms with van der Waals surface area (Å²) >= 11 is 2.55. The smallest absolute Gasteiger partial charge is 0.257 e. The second-order valence-electron chi connectivity index (χ2n) is 4.59. The van der Waals surface area contributed by atoms with E-state index in [-0.39, 0.29) is 5.56 Å². The molecule has 0 aliphatic carbocycles. The lowest BCUT2D eigenvalue weighted by Crippen LogP contribution is -2.12. The van der Waals surface area contributed by atoms with E-state index in [4.69, 9.17) is 5.73 Å². The van der Waals surface area contributed by atoms with Crippen LogP contribution in [-0.4, -0.2) is 15.9 Å². The first-order valence-corrected chi connectivity index (χ1v) is 8.09. The summed E-state index contributed by atoms with van der Waals surface area (Å²) in [5.74, 6) is -2.65. The van der Waals surface area contributed by atoms with E-state index in [9.17, 15) is 13.6 Å². The van der Waals surface area contributed by atoms with Crippen LogP contribution in [0.5, 0.6) is 0 Å². The zero-order valence-corrected chi connectivity index (χ0v) is 13.4. The maximum Gasteiger partial charge on any atom is 0.257 e. The van der Waals surface area contributed by atoms with Crippen LogP contribution >= 0.6 is 22.7 Å². The van der Waals surface area contributed by atoms with Gasteiger partial charge in [0, 0.05) is 10.9 Å². The van der Waals surface area contributed by atoms with Crippen LogP contribution < -0.4 is 11.1 Å². The summed E-state index contributed by atoms with van der Waals surface area (Å²) in [6, 6.07) is 2.95. The number of carbonyl (C=O) groups excluding carboxylic acids is 1. The highest BCUT2D eigenvalue weighted by molar-refractivity contribution is 7.19. The van der Waals surface area contributed by atoms with Crippen molar-refractivity contribution in [2.75, 3.05) is 11.1 Å². The number of nitrogens with one attached hydrogen (secondary N) is 1. The molecule has 0 aliphatic heterocycles. The lowest BCUT2D eigenvalue weighted by molar-refractivity contribution is 0.102. The highest BCUT2D eigenvalue weighted by atomic mass is 32.1. The fraction of sp³-hybridized carbons (Fsp3) is 0.0714. The van der Waals surface area contributed by atoms with E-state index in [1.54, 1.807) is 12.3 Å². The average Bonchev–Trinajstić information content (AvgIpc) is 3.07. The Balaban J connectivity index is 1.83. The molecular weight excluding hydrogens is 342 g/mol. The summed E-state index contributed by atoms with van der Waals surface area (Å²) in [6.45, 7) is 1.79. The second-order valence-corrected chi connectivity index (χ2v) is 6.48. The van der Waals surface area contributed by atoms with Gasteiger partial charge in [-0.1, -0.05) is 11.3 Å². The summed E-state index contributed by atoms with van der Waals surface area (Å²) in [5, 5.41) is 5.16. The van der Waals surface area contributed by atoms with Crippen molar-refractivity contribution in [1.29, 1.82) is 0 Å². The molecule has 0 saturated carbocycles. The molecule has 0 aliphatic rings. The highest BCUT2D eigenvalue weighted by Gasteiger charge is 2.16. The van der Waals surface area contributed by atoms with Gasteiger partial charge in [0.05, 0.1) is 16.3 Å². The van der Waals surface area contributed by atoms with Crippen molar-refractivity contribution < 1.29 is 13.6 Å². The molecule has 0 radical (unpaired) electrons. The van der Waals surface area contributed by atoms with Crippen molar-refractivity contribution in [2.45, 2.75) is 6.92 Å². The Morgan fingerprint density at radius 3 is 2.70 bits per heavy atom. The van der Waals surface area contributed by atoms with Gasteiger partial charge in [-0.25, -0.2) is 18.7 Å². The number of hydrogen-bond donors (Lipinski definition) is 2. The van der Waals surface area contributed by atoms with E-state index in [1.165, 1.54) is 28.7 Å². The molecular formula is C14H10F2N4OS2. The van der Waals surface area contributed by atoms with Crippen LogP contribution in [0.1, 0.15) is 16.1 Å². The summed E-state index contributed by atoms with van der Waals surface area (Å²) in [7, 11) is 0. The van der Waals surface area contributed by atoms with Gasteiger partial charge >= 0.3 is 0 Å². The maximum absolute atomic E-state index is 13.2. The van der Waals surface area contributed by atoms with Crippen molar-refractivity contribution in [3.8, 4) is 10.6 Å². The summed E-state index contributed by atoms with van der Waals surface area (Å²) in [6.07, 6.45) is 0. The van der Waals surface area contributed by atoms with Crippen molar-refractivity contribution in [3.63, 3.8) is 0 Å². The lowest BCUT2D eigenvalue weighted by Gasteiger charge is -2.02. The van der Waals surface area contributed by atoms with Gasteiger partial charge in [-0.05, 0) is 25.1 Å². The number of carbonyl (C=O) groups is 1. The predicted octanol–water partition coefficient (Wildman–Crippen LogP) is 3.69. The quantitative estimate of drug-likeness (QED) is 0.753. The molecule has 2 aromatic heterocycles. The number of thiazole rings is 2. The topological polar surface area (TPSA) is 80.9 Å². The number of nitrogens with two attached hydrogens (primary N) is 1. The minimum atomic E-state index is -1.08. The number of halogens is 2. The molecule has 1 aromatic carbocycles. The molecule has 0 fully saturated rings. The van der Waals surface area contributed by atoms with Crippen molar-refractivity contribution in [2.24, 2.45) is 0 Å². The van der Waals surface area contributed by atoms with E-state index < -0.39 is 17.5 Å². The molecule has 3 rings (SSSR count). The molecule has 0 unspecified atom stereocenters. The van der Waals surface area contributed by atoms with E-state index >= 15 is 0 Å². The zero-order chi connectivity index (χ0) is 16.6. The highest BCUT2D eigenvalue weighted by Crippen LogP contribution is 2.34. The number of benzene rings is 1. The van der Waals surface area contributed by atoms with Crippen LogP contribution in [0.4, 0.5) is 19.0 Å². The van der Waals surface area contributed by atoms with Gasteiger partial charge in [0.2, 0.25) is 0 Å². The number of anilines is 2. The Hall–Kier alpha value is -2.39. The van der Waals surface area contributed by atoms with Crippen LogP contribution in [0.25, 0.3) is 10.6 Å². The third kappa shape index (κ3) is 3.20. The van der Waals surface area contributed by atoms with Gasteiger partial charge in [0.1, 0.15) is 0 Å². The van der Waals surface area contributed by atoms with E-state index in [0.29, 0.717) is 21.7 Å². The molecule has 9 heteroatoms. The van der Waals surface area contributed by atoms with Gasteiger partial charge in [-0.2, -0.15) is 0 Å². The molecule has 2 heterocycles. The molecule has 23 heavy (non-hydrogen) atoms. The molecule has 1 amide bonds. The Morgan fingerprint density at radius 2 is 2.04 bits per heavy atom. The van der Waals surface area contributed by atoms with E-state index in [1.807, 2.05) is 0 Å². The fourth-order valence-corrected chi connectivity index (χ4v) is 3.44. The molecule has 3 aromatic rings. The number of amides is 1. The van der Waals surface area contributed by atoms with Crippen molar-refractivity contribution in [1.82, 2.24) is 9.97 Å². The Kier molecular flexibility index (Phi) is 4.05. The maximum atomic E-state index is 13.2. The molecule has 0 spiro atoms. The molecule has 118 valence electrons. The van der Waals surface area contributed by atoms with Gasteiger partial charge in [-0.3, -0.25) is 10.1 Å². The Morgan fingerprint density at radius 1 is 1.26 bits per heavy atom. The number of rotatable bonds is 3. The molecule has 3 N–H and O–H groups in total. The van der Waals surface area contributed by atoms with Gasteiger partial charge in [0.25, 0.3) is 5.91 Å². The van der Waals surface area contributed by atoms with Crippen LogP contribution in [0.3, 0.4) is 0 Å². The molecule has 0 atom stereocenters. The number of aromatic nitrogens is 2. The first kappa shape index (κ1) is 15.5. The van der Waals surface area contributed by atoms with Crippen LogP contribution in [-0.2, 0) is 0 Å². The number of nitrogen functional groups attached to an aromatic ring is 1. The standard InChI is InChI=1S/C14H10F2N4OS2/c1-6-11(10-5-22-13(17)19-10)23-14(18-6)20-12(21)7-2-3-8(15)9(16)4-7/h2-5H,1H3,(H2,17,19)(H,18,20,21). The number of nitrogens with zero attached hydrogens (tertiary/aromatic N) is 2. The summed E-state index contributed by atoms with van der Waals surface area (Å²) < 4.78 is 26.1. The predicted molar refractivity (Wildman–Crippen MR) is 86.7 cm³/mol. The van der Waals surface area contributed by atoms with Crippen LogP contribution in [0.2, 0.25) is 0 Å². The van der Waals surface area contributed by atoms with Gasteiger partial charge in [0.15, 0.2) is 21.9 Å². The van der Waals surface area contributed by atoms with E-state index in [2.05, 4.69) is 15.3 Å². The minimum absolute atomic E-state index is 0.0104. The average molecular weight is 352 g/mol. The minimum Gasteiger partial charge on any atom is -0.375 e. The first-order valence-electron chi connectivity index (χ1n) is 6.39. The monoisotopic (exact) mass is 352 g/mol. The van der Waals surface area contributed by atoms with Gasteiger partial charge in [-0.15, -0.1) is 11.3 Å². The number of aryl methyl sites for hydroxylation is 1. The Labute approximate surface area is 137 Å². The van der Waals surface area contributed by atoms with Crippen molar-refractivity contribution in [3.05, 3.63) is 46.5 Å². The van der Waals surface area contributed by atoms with E-state index in [0.717, 1.165) is 17.0 Å². The SMILES string of the molecule is Cc1nc(NC(=O)c2ccc(F)c(F)c2)sc1-c1csc(N)n1. The molecule has 5 nitrogen and oxygen atoms in total. The third-order valence-electron chi connectivity index (χ3n) is 2.95. The van der Waals surface area contributed by atoms with Crippen molar-refractivity contribution >= 4 is 38.8 Å². The summed E-state index contributed by atoms with van der Waals surface area (Å²) in [5.41, 5.74) is 7.01. The summed E-state index contributed by atoms with van der Waals surface area (Å²) in [4.78, 5) is 21.3. The molecule has 0 saturated heterocycles.